The van der Waals surface area contributed by atoms with E-state index < -0.39 is 13.3 Å². The highest BCUT2D eigenvalue weighted by atomic mass is 32.2. The molecular weight excluding hydrogens is 359 g/mol. The van der Waals surface area contributed by atoms with Crippen LogP contribution >= 0.6 is 19.4 Å². The van der Waals surface area contributed by atoms with Gasteiger partial charge in [0.1, 0.15) is 0 Å². The van der Waals surface area contributed by atoms with Crippen molar-refractivity contribution in [2.75, 3.05) is 0 Å². The molecule has 0 fully saturated rings. The van der Waals surface area contributed by atoms with Crippen LogP contribution in [-0.2, 0) is 19.3 Å². The second-order valence-electron chi connectivity index (χ2n) is 6.68. The molecule has 136 valence electrons. The van der Waals surface area contributed by atoms with E-state index in [0.29, 0.717) is 10.1 Å². The summed E-state index contributed by atoms with van der Waals surface area (Å²) in [5, 5.41) is 11.8. The maximum Gasteiger partial charge on any atom is 0.355 e. The van der Waals surface area contributed by atoms with Crippen LogP contribution in [0.2, 0.25) is 0 Å². The third kappa shape index (κ3) is 3.57. The van der Waals surface area contributed by atoms with Crippen LogP contribution in [0.15, 0.2) is 40.1 Å². The molecule has 0 spiro atoms. The van der Waals surface area contributed by atoms with Crippen molar-refractivity contribution in [2.24, 2.45) is 0 Å². The van der Waals surface area contributed by atoms with Gasteiger partial charge in [-0.15, -0.1) is 0 Å². The topological polar surface area (TPSA) is 73.6 Å². The second kappa shape index (κ2) is 6.56. The Morgan fingerprint density at radius 3 is 2.44 bits per heavy atom. The summed E-state index contributed by atoms with van der Waals surface area (Å²) in [6.07, 6.45) is -0.536. The lowest BCUT2D eigenvalue weighted by molar-refractivity contribution is 0.0307. The van der Waals surface area contributed by atoms with E-state index in [9.17, 15) is 9.67 Å². The van der Waals surface area contributed by atoms with Crippen LogP contribution in [0.25, 0.3) is 11.0 Å². The lowest BCUT2D eigenvalue weighted by Gasteiger charge is -2.25. The quantitative estimate of drug-likeness (QED) is 0.756. The number of hydrogen-bond donors (Lipinski definition) is 1. The number of hydrogen-bond acceptors (Lipinski definition) is 6. The highest BCUT2D eigenvalue weighted by Gasteiger charge is 2.42. The van der Waals surface area contributed by atoms with Crippen LogP contribution in [-0.4, -0.2) is 26.9 Å². The number of nitrogens with zero attached hydrogens (tertiary/aromatic N) is 2. The summed E-state index contributed by atoms with van der Waals surface area (Å²) in [7, 11) is -3.51. The minimum Gasteiger partial charge on any atom is -0.366 e. The van der Waals surface area contributed by atoms with Gasteiger partial charge < -0.3 is 14.2 Å². The van der Waals surface area contributed by atoms with Gasteiger partial charge in [0.15, 0.2) is 10.9 Å². The average Bonchev–Trinajstić information content (AvgIpc) is 2.92. The van der Waals surface area contributed by atoms with Gasteiger partial charge in [0.2, 0.25) is 0 Å². The lowest BCUT2D eigenvalue weighted by Crippen LogP contribution is -2.27. The Bertz CT molecular complexity index is 859. The molecule has 1 aliphatic heterocycles. The Hall–Kier alpha value is -1.11. The predicted molar refractivity (Wildman–Crippen MR) is 99.6 cm³/mol. The third-order valence-electron chi connectivity index (χ3n) is 3.62. The number of benzene rings is 1. The van der Waals surface area contributed by atoms with E-state index in [2.05, 4.69) is 4.98 Å². The lowest BCUT2D eigenvalue weighted by atomic mass is 10.2. The van der Waals surface area contributed by atoms with E-state index in [1.54, 1.807) is 39.2 Å². The molecule has 1 aromatic carbocycles. The van der Waals surface area contributed by atoms with Crippen molar-refractivity contribution < 1.29 is 18.7 Å². The van der Waals surface area contributed by atoms with Gasteiger partial charge >= 0.3 is 7.60 Å². The monoisotopic (exact) mass is 382 g/mol. The largest absolute Gasteiger partial charge is 0.366 e. The van der Waals surface area contributed by atoms with Gasteiger partial charge in [-0.05, 0) is 46.8 Å². The zero-order chi connectivity index (χ0) is 18.4. The van der Waals surface area contributed by atoms with Crippen molar-refractivity contribution in [3.8, 4) is 0 Å². The first-order valence-electron chi connectivity index (χ1n) is 8.20. The fourth-order valence-corrected chi connectivity index (χ4v) is 6.23. The molecule has 0 aliphatic carbocycles. The minimum absolute atomic E-state index is 0.268. The smallest absolute Gasteiger partial charge is 0.355 e. The fourth-order valence-electron chi connectivity index (χ4n) is 2.76. The Kier molecular flexibility index (Phi) is 4.90. The SMILES string of the molecule is CC(C)OP(=O)(/C=C1\Sc2nc3ccccc3n2C1(C)O)OC(C)C. The molecule has 3 rings (SSSR count). The molecule has 8 heteroatoms. The molecule has 1 unspecified atom stereocenters. The first-order valence-corrected chi connectivity index (χ1v) is 10.6. The van der Waals surface area contributed by atoms with E-state index in [-0.39, 0.29) is 12.2 Å². The zero-order valence-corrected chi connectivity index (χ0v) is 16.7. The zero-order valence-electron chi connectivity index (χ0n) is 15.0. The summed E-state index contributed by atoms with van der Waals surface area (Å²) in [5.74, 6) is 1.43. The molecule has 2 aromatic rings. The number of fused-ring (bicyclic) bond motifs is 3. The van der Waals surface area contributed by atoms with Crippen molar-refractivity contribution in [3.63, 3.8) is 0 Å². The predicted octanol–water partition coefficient (Wildman–Crippen LogP) is 4.69. The summed E-state index contributed by atoms with van der Waals surface area (Å²) >= 11 is 1.28. The molecule has 6 nitrogen and oxygen atoms in total. The molecule has 1 atom stereocenters. The van der Waals surface area contributed by atoms with Crippen LogP contribution in [0.1, 0.15) is 34.6 Å². The molecular formula is C17H23N2O4PS. The van der Waals surface area contributed by atoms with Gasteiger partial charge in [-0.2, -0.15) is 0 Å². The van der Waals surface area contributed by atoms with Crippen molar-refractivity contribution in [1.82, 2.24) is 9.55 Å². The van der Waals surface area contributed by atoms with E-state index >= 15 is 0 Å². The Labute approximate surface area is 151 Å². The average molecular weight is 382 g/mol. The Balaban J connectivity index is 2.05. The summed E-state index contributed by atoms with van der Waals surface area (Å²) in [6, 6.07) is 7.60. The molecule has 0 amide bonds. The summed E-state index contributed by atoms with van der Waals surface area (Å²) < 4.78 is 26.0. The van der Waals surface area contributed by atoms with Gasteiger partial charge in [-0.1, -0.05) is 23.9 Å². The number of para-hydroxylation sites is 2. The van der Waals surface area contributed by atoms with Gasteiger partial charge in [-0.25, -0.2) is 4.98 Å². The number of rotatable bonds is 5. The van der Waals surface area contributed by atoms with Crippen molar-refractivity contribution in [1.29, 1.82) is 0 Å². The van der Waals surface area contributed by atoms with Crippen molar-refractivity contribution in [2.45, 2.75) is 57.7 Å². The van der Waals surface area contributed by atoms with Gasteiger partial charge in [0.05, 0.1) is 28.1 Å². The summed E-state index contributed by atoms with van der Waals surface area (Å²) in [5.41, 5.74) is 0.263. The fraction of sp³-hybridized carbons (Fsp3) is 0.471. The first-order chi connectivity index (χ1) is 11.6. The Morgan fingerprint density at radius 2 is 1.84 bits per heavy atom. The standard InChI is InChI=1S/C17H23N2O4PS/c1-11(2)22-24(21,23-12(3)4)10-15-17(5,20)19-14-9-7-6-8-13(14)18-16(19)25-15/h6-12,20H,1-5H3/b15-10-. The summed E-state index contributed by atoms with van der Waals surface area (Å²) in [4.78, 5) is 5.04. The van der Waals surface area contributed by atoms with E-state index in [1.807, 2.05) is 24.3 Å². The van der Waals surface area contributed by atoms with Gasteiger partial charge in [0, 0.05) is 5.82 Å². The normalized spacial score (nSPS) is 22.5. The molecule has 0 radical (unpaired) electrons. The molecule has 1 N–H and O–H groups in total. The second-order valence-corrected chi connectivity index (χ2v) is 9.45. The van der Waals surface area contributed by atoms with Crippen LogP contribution in [0.5, 0.6) is 0 Å². The molecule has 0 saturated carbocycles. The van der Waals surface area contributed by atoms with Gasteiger partial charge in [-0.3, -0.25) is 9.13 Å². The molecule has 1 aromatic heterocycles. The number of aliphatic hydroxyl groups is 1. The number of thioether (sulfide) groups is 1. The highest BCUT2D eigenvalue weighted by molar-refractivity contribution is 8.03. The maximum absolute atomic E-state index is 13.1. The minimum atomic E-state index is -3.51. The van der Waals surface area contributed by atoms with Crippen LogP contribution in [0.4, 0.5) is 0 Å². The highest BCUT2D eigenvalue weighted by Crippen LogP contribution is 2.58. The van der Waals surface area contributed by atoms with Crippen molar-refractivity contribution in [3.05, 3.63) is 35.0 Å². The maximum atomic E-state index is 13.1. The van der Waals surface area contributed by atoms with Crippen LogP contribution < -0.4 is 0 Å². The number of imidazole rings is 1. The van der Waals surface area contributed by atoms with Crippen LogP contribution in [0, 0.1) is 0 Å². The first kappa shape index (κ1) is 18.7. The Morgan fingerprint density at radius 1 is 1.24 bits per heavy atom. The van der Waals surface area contributed by atoms with Crippen molar-refractivity contribution >= 4 is 30.4 Å². The van der Waals surface area contributed by atoms with E-state index in [0.717, 1.165) is 11.0 Å². The summed E-state index contributed by atoms with van der Waals surface area (Å²) in [6.45, 7) is 8.85. The van der Waals surface area contributed by atoms with Crippen LogP contribution in [0.3, 0.4) is 0 Å². The molecule has 0 bridgehead atoms. The van der Waals surface area contributed by atoms with E-state index in [4.69, 9.17) is 9.05 Å². The molecule has 25 heavy (non-hydrogen) atoms. The molecule has 2 heterocycles. The number of aromatic nitrogens is 2. The molecule has 0 saturated heterocycles. The molecule has 1 aliphatic rings. The van der Waals surface area contributed by atoms with E-state index in [1.165, 1.54) is 17.6 Å². The third-order valence-corrected chi connectivity index (χ3v) is 6.99. The van der Waals surface area contributed by atoms with Gasteiger partial charge in [0.25, 0.3) is 0 Å².